The van der Waals surface area contributed by atoms with E-state index in [-0.39, 0.29) is 36.6 Å². The van der Waals surface area contributed by atoms with E-state index in [1.165, 1.54) is 17.2 Å². The molecule has 0 atom stereocenters. The Morgan fingerprint density at radius 1 is 1.13 bits per heavy atom. The van der Waals surface area contributed by atoms with Crippen LogP contribution in [0, 0.1) is 17.6 Å². The molecule has 1 aromatic carbocycles. The smallest absolute Gasteiger partial charge is 0.289 e. The van der Waals surface area contributed by atoms with Gasteiger partial charge in [-0.2, -0.15) is 0 Å². The highest BCUT2D eigenvalue weighted by atomic mass is 19.1. The summed E-state index contributed by atoms with van der Waals surface area (Å²) < 4.78 is 32.5. The van der Waals surface area contributed by atoms with Gasteiger partial charge in [0, 0.05) is 25.6 Å². The van der Waals surface area contributed by atoms with Crippen molar-refractivity contribution in [1.82, 2.24) is 9.80 Å². The van der Waals surface area contributed by atoms with E-state index in [0.717, 1.165) is 12.1 Å². The molecule has 7 nitrogen and oxygen atoms in total. The van der Waals surface area contributed by atoms with Crippen LogP contribution >= 0.6 is 0 Å². The second-order valence-corrected chi connectivity index (χ2v) is 7.04. The summed E-state index contributed by atoms with van der Waals surface area (Å²) in [6.07, 6.45) is 2.36. The van der Waals surface area contributed by atoms with E-state index in [0.29, 0.717) is 25.9 Å². The first-order valence-electron chi connectivity index (χ1n) is 9.76. The Kier molecular flexibility index (Phi) is 6.81. The Morgan fingerprint density at radius 3 is 2.37 bits per heavy atom. The summed E-state index contributed by atoms with van der Waals surface area (Å²) >= 11 is 0. The van der Waals surface area contributed by atoms with Gasteiger partial charge in [0.25, 0.3) is 5.91 Å². The monoisotopic (exact) mass is 419 g/mol. The average Bonchev–Trinajstić information content (AvgIpc) is 3.29. The third-order valence-electron chi connectivity index (χ3n) is 5.12. The number of carbonyl (C=O) groups excluding carboxylic acids is 3. The van der Waals surface area contributed by atoms with E-state index >= 15 is 0 Å². The Balaban J connectivity index is 1.55. The number of hydrogen-bond acceptors (Lipinski definition) is 4. The molecule has 160 valence electrons. The van der Waals surface area contributed by atoms with Gasteiger partial charge in [-0.25, -0.2) is 8.78 Å². The van der Waals surface area contributed by atoms with Crippen molar-refractivity contribution in [2.45, 2.75) is 19.8 Å². The van der Waals surface area contributed by atoms with Crippen LogP contribution in [-0.4, -0.2) is 53.7 Å². The maximum atomic E-state index is 13.7. The number of para-hydroxylation sites is 1. The van der Waals surface area contributed by atoms with Gasteiger partial charge in [0.05, 0.1) is 12.8 Å². The van der Waals surface area contributed by atoms with Crippen molar-refractivity contribution < 1.29 is 27.6 Å². The average molecular weight is 419 g/mol. The minimum absolute atomic E-state index is 0.216. The van der Waals surface area contributed by atoms with Crippen LogP contribution in [-0.2, 0) is 9.59 Å². The summed E-state index contributed by atoms with van der Waals surface area (Å²) in [4.78, 5) is 40.4. The minimum Gasteiger partial charge on any atom is -0.459 e. The number of piperidine rings is 1. The first kappa shape index (κ1) is 21.5. The standard InChI is InChI=1S/C21H23F2N3O4/c1-2-25(13-18(27)24-19-15(22)5-3-6-16(19)23)20(28)14-8-10-26(11-9-14)21(29)17-7-4-12-30-17/h3-7,12,14H,2,8-11,13H2,1H3,(H,24,27). The lowest BCUT2D eigenvalue weighted by Crippen LogP contribution is -2.46. The first-order valence-corrected chi connectivity index (χ1v) is 9.76. The van der Waals surface area contributed by atoms with Gasteiger partial charge in [0.2, 0.25) is 11.8 Å². The van der Waals surface area contributed by atoms with Crippen LogP contribution in [0.4, 0.5) is 14.5 Å². The summed E-state index contributed by atoms with van der Waals surface area (Å²) in [5.74, 6) is -2.95. The molecule has 9 heteroatoms. The molecule has 1 aliphatic rings. The Morgan fingerprint density at radius 2 is 1.80 bits per heavy atom. The zero-order chi connectivity index (χ0) is 21.7. The lowest BCUT2D eigenvalue weighted by Gasteiger charge is -2.33. The molecule has 0 aliphatic carbocycles. The Hall–Kier alpha value is -3.23. The molecule has 30 heavy (non-hydrogen) atoms. The number of amides is 3. The van der Waals surface area contributed by atoms with Gasteiger partial charge in [0.15, 0.2) is 5.76 Å². The van der Waals surface area contributed by atoms with E-state index in [2.05, 4.69) is 5.32 Å². The number of halogens is 2. The van der Waals surface area contributed by atoms with Gasteiger partial charge < -0.3 is 19.5 Å². The molecule has 0 bridgehead atoms. The normalized spacial score (nSPS) is 14.4. The Labute approximate surface area is 172 Å². The largest absolute Gasteiger partial charge is 0.459 e. The number of likely N-dealkylation sites (tertiary alicyclic amines) is 1. The van der Waals surface area contributed by atoms with Crippen LogP contribution in [0.5, 0.6) is 0 Å². The fraction of sp³-hybridized carbons (Fsp3) is 0.381. The molecule has 1 aliphatic heterocycles. The molecular weight excluding hydrogens is 396 g/mol. The molecule has 0 radical (unpaired) electrons. The van der Waals surface area contributed by atoms with Crippen molar-refractivity contribution in [2.24, 2.45) is 5.92 Å². The molecule has 0 saturated carbocycles. The van der Waals surface area contributed by atoms with Gasteiger partial charge in [-0.15, -0.1) is 0 Å². The number of benzene rings is 1. The van der Waals surface area contributed by atoms with Crippen LogP contribution in [0.15, 0.2) is 41.0 Å². The number of anilines is 1. The highest BCUT2D eigenvalue weighted by molar-refractivity contribution is 5.95. The predicted octanol–water partition coefficient (Wildman–Crippen LogP) is 2.90. The van der Waals surface area contributed by atoms with Crippen LogP contribution in [0.2, 0.25) is 0 Å². The van der Waals surface area contributed by atoms with Crippen molar-refractivity contribution in [3.05, 3.63) is 54.0 Å². The van der Waals surface area contributed by atoms with Crippen LogP contribution < -0.4 is 5.32 Å². The summed E-state index contributed by atoms with van der Waals surface area (Å²) in [5.41, 5.74) is -0.532. The maximum absolute atomic E-state index is 13.7. The molecule has 1 aromatic heterocycles. The van der Waals surface area contributed by atoms with Crippen LogP contribution in [0.1, 0.15) is 30.3 Å². The third-order valence-corrected chi connectivity index (χ3v) is 5.12. The third kappa shape index (κ3) is 4.84. The molecule has 1 fully saturated rings. The van der Waals surface area contributed by atoms with Crippen molar-refractivity contribution >= 4 is 23.4 Å². The Bertz CT molecular complexity index is 889. The van der Waals surface area contributed by atoms with Gasteiger partial charge in [-0.3, -0.25) is 14.4 Å². The number of nitrogens with one attached hydrogen (secondary N) is 1. The molecule has 3 rings (SSSR count). The number of carbonyl (C=O) groups is 3. The summed E-state index contributed by atoms with van der Waals surface area (Å²) in [6.45, 7) is 2.50. The summed E-state index contributed by atoms with van der Waals surface area (Å²) in [5, 5.41) is 2.19. The van der Waals surface area contributed by atoms with Crippen molar-refractivity contribution in [3.8, 4) is 0 Å². The minimum atomic E-state index is -0.883. The number of hydrogen-bond donors (Lipinski definition) is 1. The van der Waals surface area contributed by atoms with Crippen LogP contribution in [0.3, 0.4) is 0 Å². The van der Waals surface area contributed by atoms with Gasteiger partial charge in [-0.1, -0.05) is 6.07 Å². The topological polar surface area (TPSA) is 82.9 Å². The van der Waals surface area contributed by atoms with Crippen molar-refractivity contribution in [3.63, 3.8) is 0 Å². The van der Waals surface area contributed by atoms with E-state index in [9.17, 15) is 23.2 Å². The molecule has 1 saturated heterocycles. The summed E-state index contributed by atoms with van der Waals surface area (Å²) in [6, 6.07) is 6.51. The number of furan rings is 1. The quantitative estimate of drug-likeness (QED) is 0.781. The number of nitrogens with zero attached hydrogens (tertiary/aromatic N) is 2. The van der Waals surface area contributed by atoms with E-state index in [1.54, 1.807) is 24.0 Å². The maximum Gasteiger partial charge on any atom is 0.289 e. The fourth-order valence-corrected chi connectivity index (χ4v) is 3.46. The highest BCUT2D eigenvalue weighted by Crippen LogP contribution is 2.22. The number of likely N-dealkylation sites (N-methyl/N-ethyl adjacent to an activating group) is 1. The molecule has 3 amide bonds. The van der Waals surface area contributed by atoms with Gasteiger partial charge in [0.1, 0.15) is 17.3 Å². The van der Waals surface area contributed by atoms with Crippen LogP contribution in [0.25, 0.3) is 0 Å². The molecule has 0 spiro atoms. The summed E-state index contributed by atoms with van der Waals surface area (Å²) in [7, 11) is 0. The van der Waals surface area contributed by atoms with E-state index in [4.69, 9.17) is 4.42 Å². The lowest BCUT2D eigenvalue weighted by atomic mass is 9.95. The molecule has 2 aromatic rings. The predicted molar refractivity (Wildman–Crippen MR) is 105 cm³/mol. The van der Waals surface area contributed by atoms with E-state index in [1.807, 2.05) is 0 Å². The van der Waals surface area contributed by atoms with Crippen molar-refractivity contribution in [2.75, 3.05) is 31.5 Å². The molecule has 0 unspecified atom stereocenters. The van der Waals surface area contributed by atoms with Gasteiger partial charge >= 0.3 is 0 Å². The molecule has 1 N–H and O–H groups in total. The highest BCUT2D eigenvalue weighted by Gasteiger charge is 2.31. The zero-order valence-electron chi connectivity index (χ0n) is 16.6. The van der Waals surface area contributed by atoms with E-state index < -0.39 is 23.2 Å². The zero-order valence-corrected chi connectivity index (χ0v) is 16.6. The second-order valence-electron chi connectivity index (χ2n) is 7.04. The first-order chi connectivity index (χ1) is 14.4. The molecular formula is C21H23F2N3O4. The fourth-order valence-electron chi connectivity index (χ4n) is 3.46. The number of rotatable bonds is 6. The lowest BCUT2D eigenvalue weighted by molar-refractivity contribution is -0.139. The molecule has 2 heterocycles. The second kappa shape index (κ2) is 9.51. The van der Waals surface area contributed by atoms with Gasteiger partial charge in [-0.05, 0) is 44.0 Å². The SMILES string of the molecule is CCN(CC(=O)Nc1c(F)cccc1F)C(=O)C1CCN(C(=O)c2ccco2)CC1. The van der Waals surface area contributed by atoms with Crippen molar-refractivity contribution in [1.29, 1.82) is 0 Å².